The molecule has 0 spiro atoms. The molecule has 0 aliphatic carbocycles. The monoisotopic (exact) mass is 336 g/mol. The molecule has 1 atom stereocenters. The fraction of sp³-hybridized carbons (Fsp3) is 0.353. The number of alkyl halides is 1. The highest BCUT2D eigenvalue weighted by atomic mass is 35.5. The SMILES string of the molecule is CC(Cl)c1ccc(C(=O)N2CCN(c3ccc(F)cc3)CC2)o1. The van der Waals surface area contributed by atoms with Gasteiger partial charge in [-0.3, -0.25) is 4.79 Å². The minimum absolute atomic E-state index is 0.118. The summed E-state index contributed by atoms with van der Waals surface area (Å²) in [6.45, 7) is 4.41. The lowest BCUT2D eigenvalue weighted by molar-refractivity contribution is 0.0713. The first-order valence-electron chi connectivity index (χ1n) is 7.58. The number of amides is 1. The third kappa shape index (κ3) is 3.50. The average molecular weight is 337 g/mol. The Labute approximate surface area is 139 Å². The third-order valence-corrected chi connectivity index (χ3v) is 4.20. The highest BCUT2D eigenvalue weighted by molar-refractivity contribution is 6.20. The first-order valence-corrected chi connectivity index (χ1v) is 8.02. The molecule has 122 valence electrons. The topological polar surface area (TPSA) is 36.7 Å². The minimum Gasteiger partial charge on any atom is -0.454 e. The Kier molecular flexibility index (Phi) is 4.57. The zero-order valence-corrected chi connectivity index (χ0v) is 13.6. The van der Waals surface area contributed by atoms with Crippen LogP contribution in [0.15, 0.2) is 40.8 Å². The Balaban J connectivity index is 1.61. The summed E-state index contributed by atoms with van der Waals surface area (Å²) < 4.78 is 18.5. The summed E-state index contributed by atoms with van der Waals surface area (Å²) in [6, 6.07) is 9.82. The molecule has 1 fully saturated rings. The Morgan fingerprint density at radius 1 is 1.13 bits per heavy atom. The number of rotatable bonds is 3. The van der Waals surface area contributed by atoms with Crippen molar-refractivity contribution < 1.29 is 13.6 Å². The lowest BCUT2D eigenvalue weighted by Gasteiger charge is -2.35. The van der Waals surface area contributed by atoms with E-state index in [4.69, 9.17) is 16.0 Å². The normalized spacial score (nSPS) is 16.5. The number of furan rings is 1. The summed E-state index contributed by atoms with van der Waals surface area (Å²) >= 11 is 5.95. The predicted octanol–water partition coefficient (Wildman–Crippen LogP) is 3.68. The van der Waals surface area contributed by atoms with Gasteiger partial charge in [-0.2, -0.15) is 0 Å². The van der Waals surface area contributed by atoms with Gasteiger partial charge in [0.25, 0.3) is 5.91 Å². The summed E-state index contributed by atoms with van der Waals surface area (Å²) in [7, 11) is 0. The minimum atomic E-state index is -0.258. The second kappa shape index (κ2) is 6.62. The van der Waals surface area contributed by atoms with Gasteiger partial charge in [0.15, 0.2) is 5.76 Å². The number of hydrogen-bond acceptors (Lipinski definition) is 3. The van der Waals surface area contributed by atoms with E-state index in [9.17, 15) is 9.18 Å². The Morgan fingerprint density at radius 2 is 1.78 bits per heavy atom. The van der Waals surface area contributed by atoms with Crippen LogP contribution in [-0.4, -0.2) is 37.0 Å². The number of benzene rings is 1. The molecule has 1 amide bonds. The molecule has 0 radical (unpaired) electrons. The largest absolute Gasteiger partial charge is 0.454 e. The van der Waals surface area contributed by atoms with Gasteiger partial charge >= 0.3 is 0 Å². The molecule has 1 aromatic heterocycles. The van der Waals surface area contributed by atoms with Gasteiger partial charge in [0.1, 0.15) is 11.6 Å². The molecule has 2 heterocycles. The van der Waals surface area contributed by atoms with Crippen molar-refractivity contribution in [1.82, 2.24) is 4.90 Å². The number of carbonyl (C=O) groups is 1. The molecule has 1 aliphatic heterocycles. The van der Waals surface area contributed by atoms with Crippen molar-refractivity contribution in [3.8, 4) is 0 Å². The van der Waals surface area contributed by atoms with Crippen molar-refractivity contribution in [1.29, 1.82) is 0 Å². The van der Waals surface area contributed by atoms with Gasteiger partial charge in [0.2, 0.25) is 0 Å². The molecule has 1 aromatic carbocycles. The molecule has 2 aromatic rings. The molecule has 4 nitrogen and oxygen atoms in total. The zero-order valence-electron chi connectivity index (χ0n) is 12.8. The molecule has 0 N–H and O–H groups in total. The Hall–Kier alpha value is -2.01. The van der Waals surface area contributed by atoms with E-state index >= 15 is 0 Å². The Morgan fingerprint density at radius 3 is 2.35 bits per heavy atom. The maximum atomic E-state index is 13.0. The molecule has 0 saturated carbocycles. The van der Waals surface area contributed by atoms with E-state index < -0.39 is 0 Å². The smallest absolute Gasteiger partial charge is 0.289 e. The molecule has 1 aliphatic rings. The van der Waals surface area contributed by atoms with E-state index in [2.05, 4.69) is 4.90 Å². The van der Waals surface area contributed by atoms with Crippen LogP contribution < -0.4 is 4.90 Å². The van der Waals surface area contributed by atoms with Gasteiger partial charge in [0, 0.05) is 31.9 Å². The maximum absolute atomic E-state index is 13.0. The molecule has 0 bridgehead atoms. The second-order valence-corrected chi connectivity index (χ2v) is 6.23. The maximum Gasteiger partial charge on any atom is 0.289 e. The predicted molar refractivity (Wildman–Crippen MR) is 87.5 cm³/mol. The van der Waals surface area contributed by atoms with E-state index in [-0.39, 0.29) is 17.1 Å². The van der Waals surface area contributed by atoms with Crippen LogP contribution in [0.3, 0.4) is 0 Å². The van der Waals surface area contributed by atoms with Crippen molar-refractivity contribution >= 4 is 23.2 Å². The number of anilines is 1. The van der Waals surface area contributed by atoms with Gasteiger partial charge in [-0.1, -0.05) is 0 Å². The van der Waals surface area contributed by atoms with Crippen LogP contribution in [0.1, 0.15) is 28.6 Å². The van der Waals surface area contributed by atoms with Crippen molar-refractivity contribution in [3.63, 3.8) is 0 Å². The molecule has 3 rings (SSSR count). The summed E-state index contributed by atoms with van der Waals surface area (Å²) in [4.78, 5) is 16.3. The number of piperazine rings is 1. The highest BCUT2D eigenvalue weighted by Crippen LogP contribution is 2.23. The lowest BCUT2D eigenvalue weighted by atomic mass is 10.2. The number of hydrogen-bond donors (Lipinski definition) is 0. The van der Waals surface area contributed by atoms with Crippen molar-refractivity contribution in [2.45, 2.75) is 12.3 Å². The van der Waals surface area contributed by atoms with Crippen LogP contribution >= 0.6 is 11.6 Å². The third-order valence-electron chi connectivity index (χ3n) is 3.99. The first-order chi connectivity index (χ1) is 11.0. The van der Waals surface area contributed by atoms with Gasteiger partial charge < -0.3 is 14.2 Å². The summed E-state index contributed by atoms with van der Waals surface area (Å²) in [5, 5.41) is -0.258. The summed E-state index contributed by atoms with van der Waals surface area (Å²) in [5.74, 6) is 0.555. The average Bonchev–Trinajstić information content (AvgIpc) is 3.05. The van der Waals surface area contributed by atoms with Crippen LogP contribution in [0.25, 0.3) is 0 Å². The molecular formula is C17H18ClFN2O2. The summed E-state index contributed by atoms with van der Waals surface area (Å²) in [5.41, 5.74) is 0.967. The van der Waals surface area contributed by atoms with Gasteiger partial charge in [-0.25, -0.2) is 4.39 Å². The van der Waals surface area contributed by atoms with Crippen molar-refractivity contribution in [3.05, 3.63) is 53.7 Å². The van der Waals surface area contributed by atoms with Crippen LogP contribution in [0, 0.1) is 5.82 Å². The Bertz CT molecular complexity index is 676. The fourth-order valence-corrected chi connectivity index (χ4v) is 2.77. The quantitative estimate of drug-likeness (QED) is 0.802. The van der Waals surface area contributed by atoms with Crippen LogP contribution in [0.4, 0.5) is 10.1 Å². The van der Waals surface area contributed by atoms with E-state index in [0.29, 0.717) is 37.7 Å². The van der Waals surface area contributed by atoms with Gasteiger partial charge in [0.05, 0.1) is 5.38 Å². The number of carbonyl (C=O) groups excluding carboxylic acids is 1. The lowest BCUT2D eigenvalue weighted by Crippen LogP contribution is -2.48. The van der Waals surface area contributed by atoms with Crippen molar-refractivity contribution in [2.24, 2.45) is 0 Å². The standard InChI is InChI=1S/C17H18ClFN2O2/c1-12(18)15-6-7-16(23-15)17(22)21-10-8-20(9-11-21)14-4-2-13(19)3-5-14/h2-7,12H,8-11H2,1H3. The molecule has 6 heteroatoms. The number of halogens is 2. The van der Waals surface area contributed by atoms with E-state index in [1.165, 1.54) is 12.1 Å². The van der Waals surface area contributed by atoms with Gasteiger partial charge in [-0.05, 0) is 43.3 Å². The van der Waals surface area contributed by atoms with E-state index in [1.807, 2.05) is 0 Å². The summed E-state index contributed by atoms with van der Waals surface area (Å²) in [6.07, 6.45) is 0. The van der Waals surface area contributed by atoms with Crippen LogP contribution in [-0.2, 0) is 0 Å². The van der Waals surface area contributed by atoms with E-state index in [0.717, 1.165) is 5.69 Å². The fourth-order valence-electron chi connectivity index (χ4n) is 2.66. The van der Waals surface area contributed by atoms with Crippen molar-refractivity contribution in [2.75, 3.05) is 31.1 Å². The second-order valence-electron chi connectivity index (χ2n) is 5.57. The molecular weight excluding hydrogens is 319 g/mol. The zero-order chi connectivity index (χ0) is 16.4. The first kappa shape index (κ1) is 15.9. The highest BCUT2D eigenvalue weighted by Gasteiger charge is 2.24. The number of nitrogens with zero attached hydrogens (tertiary/aromatic N) is 2. The van der Waals surface area contributed by atoms with Crippen LogP contribution in [0.2, 0.25) is 0 Å². The van der Waals surface area contributed by atoms with Crippen LogP contribution in [0.5, 0.6) is 0 Å². The molecule has 23 heavy (non-hydrogen) atoms. The van der Waals surface area contributed by atoms with E-state index in [1.54, 1.807) is 36.1 Å². The molecule has 1 saturated heterocycles. The molecule has 1 unspecified atom stereocenters. The van der Waals surface area contributed by atoms with Gasteiger partial charge in [-0.15, -0.1) is 11.6 Å².